The van der Waals surface area contributed by atoms with Crippen LogP contribution in [0, 0.1) is 0 Å². The third-order valence-electron chi connectivity index (χ3n) is 5.47. The van der Waals surface area contributed by atoms with Crippen LogP contribution < -0.4 is 0 Å². The molecule has 138 valence electrons. The van der Waals surface area contributed by atoms with Gasteiger partial charge in [-0.3, -0.25) is 4.90 Å². The summed E-state index contributed by atoms with van der Waals surface area (Å²) in [7, 11) is -3.29. The summed E-state index contributed by atoms with van der Waals surface area (Å²) in [4.78, 5) is 2.44. The molecule has 2 aromatic rings. The second-order valence-corrected chi connectivity index (χ2v) is 9.48. The zero-order valence-electron chi connectivity index (χ0n) is 14.6. The fourth-order valence-corrected chi connectivity index (χ4v) is 5.73. The number of hydrogen-bond donors (Lipinski definition) is 0. The highest BCUT2D eigenvalue weighted by atomic mass is 35.5. The van der Waals surface area contributed by atoms with Gasteiger partial charge >= 0.3 is 0 Å². The van der Waals surface area contributed by atoms with Crippen molar-refractivity contribution in [3.63, 3.8) is 0 Å². The fourth-order valence-electron chi connectivity index (χ4n) is 4.09. The number of rotatable bonds is 4. The Hall–Kier alpha value is -1.40. The Kier molecular flexibility index (Phi) is 5.06. The van der Waals surface area contributed by atoms with Gasteiger partial charge in [0.2, 0.25) is 10.0 Å². The standard InChI is InChI=1S/C20H23ClN2O2S/c21-18-8-5-16(6-9-18)15-26(24,25)23-13-11-22(12-14-23)20-10-7-17-3-1-2-4-19(17)20/h1-6,8-9,20H,7,10-15H2. The second-order valence-electron chi connectivity index (χ2n) is 7.07. The molecule has 4 rings (SSSR count). The van der Waals surface area contributed by atoms with Crippen molar-refractivity contribution < 1.29 is 8.42 Å². The molecule has 2 aromatic carbocycles. The number of nitrogens with zero attached hydrogens (tertiary/aromatic N) is 2. The summed E-state index contributed by atoms with van der Waals surface area (Å²) >= 11 is 5.88. The summed E-state index contributed by atoms with van der Waals surface area (Å²) in [5, 5.41) is 0.622. The lowest BCUT2D eigenvalue weighted by Crippen LogP contribution is -2.49. The van der Waals surface area contributed by atoms with Gasteiger partial charge in [-0.1, -0.05) is 48.0 Å². The molecule has 1 atom stereocenters. The largest absolute Gasteiger partial charge is 0.294 e. The van der Waals surface area contributed by atoms with Gasteiger partial charge in [0.15, 0.2) is 0 Å². The van der Waals surface area contributed by atoms with E-state index < -0.39 is 10.0 Å². The van der Waals surface area contributed by atoms with E-state index in [2.05, 4.69) is 29.2 Å². The van der Waals surface area contributed by atoms with Crippen LogP contribution in [0.1, 0.15) is 29.2 Å². The molecule has 0 bridgehead atoms. The molecule has 0 N–H and O–H groups in total. The van der Waals surface area contributed by atoms with Crippen molar-refractivity contribution in [2.45, 2.75) is 24.6 Å². The number of benzene rings is 2. The number of piperazine rings is 1. The first kappa shape index (κ1) is 18.0. The molecule has 0 aromatic heterocycles. The topological polar surface area (TPSA) is 40.6 Å². The van der Waals surface area contributed by atoms with Crippen LogP contribution in [-0.2, 0) is 22.2 Å². The van der Waals surface area contributed by atoms with Gasteiger partial charge in [-0.15, -0.1) is 0 Å². The molecule has 1 aliphatic heterocycles. The van der Waals surface area contributed by atoms with Gasteiger partial charge in [-0.2, -0.15) is 4.31 Å². The van der Waals surface area contributed by atoms with Crippen LogP contribution in [0.5, 0.6) is 0 Å². The van der Waals surface area contributed by atoms with Crippen molar-refractivity contribution in [3.05, 3.63) is 70.2 Å². The highest BCUT2D eigenvalue weighted by Crippen LogP contribution is 2.36. The number of sulfonamides is 1. The first-order chi connectivity index (χ1) is 12.5. The zero-order chi connectivity index (χ0) is 18.1. The van der Waals surface area contributed by atoms with E-state index in [1.165, 1.54) is 11.1 Å². The minimum absolute atomic E-state index is 0.0381. The van der Waals surface area contributed by atoms with Crippen LogP contribution in [-0.4, -0.2) is 43.8 Å². The molecule has 0 spiro atoms. The minimum Gasteiger partial charge on any atom is -0.294 e. The van der Waals surface area contributed by atoms with Crippen LogP contribution in [0.3, 0.4) is 0 Å². The maximum atomic E-state index is 12.7. The molecule has 6 heteroatoms. The SMILES string of the molecule is O=S(=O)(Cc1ccc(Cl)cc1)N1CCN(C2CCc3ccccc32)CC1. The predicted octanol–water partition coefficient (Wildman–Crippen LogP) is 3.47. The smallest absolute Gasteiger partial charge is 0.218 e. The first-order valence-corrected chi connectivity index (χ1v) is 11.1. The van der Waals surface area contributed by atoms with E-state index in [1.54, 1.807) is 28.6 Å². The molecule has 0 amide bonds. The molecule has 1 fully saturated rings. The van der Waals surface area contributed by atoms with Crippen molar-refractivity contribution in [2.75, 3.05) is 26.2 Å². The summed E-state index contributed by atoms with van der Waals surface area (Å²) in [6.45, 7) is 2.71. The Bertz CT molecular complexity index is 875. The lowest BCUT2D eigenvalue weighted by atomic mass is 10.1. The normalized spacial score (nSPS) is 21.7. The number of hydrogen-bond acceptors (Lipinski definition) is 3. The van der Waals surface area contributed by atoms with Crippen molar-refractivity contribution in [1.29, 1.82) is 0 Å². The second kappa shape index (κ2) is 7.31. The van der Waals surface area contributed by atoms with Crippen molar-refractivity contribution in [1.82, 2.24) is 9.21 Å². The Balaban J connectivity index is 1.39. The number of halogens is 1. The summed E-state index contributed by atoms with van der Waals surface area (Å²) in [5.74, 6) is 0.0381. The van der Waals surface area contributed by atoms with E-state index in [4.69, 9.17) is 11.6 Å². The summed E-state index contributed by atoms with van der Waals surface area (Å²) in [5.41, 5.74) is 3.64. The van der Waals surface area contributed by atoms with E-state index in [1.807, 2.05) is 0 Å². The number of aryl methyl sites for hydroxylation is 1. The summed E-state index contributed by atoms with van der Waals surface area (Å²) < 4.78 is 27.1. The average Bonchev–Trinajstić information content (AvgIpc) is 3.08. The predicted molar refractivity (Wildman–Crippen MR) is 105 cm³/mol. The van der Waals surface area contributed by atoms with Crippen LogP contribution >= 0.6 is 11.6 Å². The average molecular weight is 391 g/mol. The first-order valence-electron chi connectivity index (χ1n) is 9.07. The molecule has 4 nitrogen and oxygen atoms in total. The number of fused-ring (bicyclic) bond motifs is 1. The molecule has 1 saturated heterocycles. The minimum atomic E-state index is -3.29. The quantitative estimate of drug-likeness (QED) is 0.802. The van der Waals surface area contributed by atoms with Crippen molar-refractivity contribution in [3.8, 4) is 0 Å². The van der Waals surface area contributed by atoms with Crippen molar-refractivity contribution >= 4 is 21.6 Å². The van der Waals surface area contributed by atoms with Gasteiger partial charge in [0, 0.05) is 37.2 Å². The van der Waals surface area contributed by atoms with Gasteiger partial charge in [-0.25, -0.2) is 8.42 Å². The molecular weight excluding hydrogens is 368 g/mol. The molecule has 26 heavy (non-hydrogen) atoms. The van der Waals surface area contributed by atoms with Crippen LogP contribution in [0.2, 0.25) is 5.02 Å². The molecular formula is C20H23ClN2O2S. The Morgan fingerprint density at radius 2 is 1.65 bits per heavy atom. The highest BCUT2D eigenvalue weighted by Gasteiger charge is 2.33. The molecule has 1 heterocycles. The molecule has 0 radical (unpaired) electrons. The maximum Gasteiger partial charge on any atom is 0.218 e. The molecule has 1 unspecified atom stereocenters. The van der Waals surface area contributed by atoms with Gasteiger partial charge < -0.3 is 0 Å². The van der Waals surface area contributed by atoms with Crippen LogP contribution in [0.25, 0.3) is 0 Å². The Labute approximate surface area is 160 Å². The highest BCUT2D eigenvalue weighted by molar-refractivity contribution is 7.88. The zero-order valence-corrected chi connectivity index (χ0v) is 16.2. The lowest BCUT2D eigenvalue weighted by molar-refractivity contribution is 0.136. The molecule has 2 aliphatic rings. The summed E-state index contributed by atoms with van der Waals surface area (Å²) in [6.07, 6.45) is 2.26. The maximum absolute atomic E-state index is 12.7. The Morgan fingerprint density at radius 1 is 0.962 bits per heavy atom. The van der Waals surface area contributed by atoms with Gasteiger partial charge in [0.25, 0.3) is 0 Å². The van der Waals surface area contributed by atoms with E-state index >= 15 is 0 Å². The van der Waals surface area contributed by atoms with Crippen LogP contribution in [0.4, 0.5) is 0 Å². The van der Waals surface area contributed by atoms with E-state index in [9.17, 15) is 8.42 Å². The van der Waals surface area contributed by atoms with Gasteiger partial charge in [0.1, 0.15) is 0 Å². The monoisotopic (exact) mass is 390 g/mol. The summed E-state index contributed by atoms with van der Waals surface area (Å²) in [6, 6.07) is 16.1. The third kappa shape index (κ3) is 3.67. The lowest BCUT2D eigenvalue weighted by Gasteiger charge is -2.37. The van der Waals surface area contributed by atoms with Gasteiger partial charge in [-0.05, 0) is 41.7 Å². The molecule has 1 aliphatic carbocycles. The van der Waals surface area contributed by atoms with E-state index in [0.29, 0.717) is 24.2 Å². The van der Waals surface area contributed by atoms with Gasteiger partial charge in [0.05, 0.1) is 5.75 Å². The van der Waals surface area contributed by atoms with Crippen LogP contribution in [0.15, 0.2) is 48.5 Å². The Morgan fingerprint density at radius 3 is 2.38 bits per heavy atom. The third-order valence-corrected chi connectivity index (χ3v) is 7.57. The fraction of sp³-hybridized carbons (Fsp3) is 0.400. The van der Waals surface area contributed by atoms with E-state index in [-0.39, 0.29) is 5.75 Å². The molecule has 0 saturated carbocycles. The van der Waals surface area contributed by atoms with Crippen molar-refractivity contribution in [2.24, 2.45) is 0 Å². The van der Waals surface area contributed by atoms with E-state index in [0.717, 1.165) is 31.5 Å².